The van der Waals surface area contributed by atoms with Gasteiger partial charge in [0.05, 0.1) is 21.0 Å². The number of thiocarbonyl (C=S) groups is 2. The Morgan fingerprint density at radius 1 is 0.615 bits per heavy atom. The fourth-order valence-corrected chi connectivity index (χ4v) is 6.89. The fraction of sp³-hybridized carbons (Fsp3) is 0.333. The van der Waals surface area contributed by atoms with Crippen molar-refractivity contribution in [3.8, 4) is 0 Å². The molecule has 2 fully saturated rings. The van der Waals surface area contributed by atoms with Crippen LogP contribution in [0.15, 0.2) is 70.7 Å². The summed E-state index contributed by atoms with van der Waals surface area (Å²) in [5.74, 6) is 0. The van der Waals surface area contributed by atoms with E-state index in [1.807, 2.05) is 26.2 Å². The lowest BCUT2D eigenvalue weighted by Crippen LogP contribution is -2.47. The van der Waals surface area contributed by atoms with Crippen molar-refractivity contribution < 1.29 is 0 Å². The number of piperazine rings is 2. The lowest BCUT2D eigenvalue weighted by molar-refractivity contribution is 0.390. The lowest BCUT2D eigenvalue weighted by Gasteiger charge is -2.36. The highest BCUT2D eigenvalue weighted by atomic mass is 32.2. The van der Waals surface area contributed by atoms with Gasteiger partial charge in [0, 0.05) is 96.7 Å². The molecule has 4 aromatic rings. The first-order valence-corrected chi connectivity index (χ1v) is 15.1. The highest BCUT2D eigenvalue weighted by Crippen LogP contribution is 2.38. The van der Waals surface area contributed by atoms with E-state index >= 15 is 0 Å². The number of hydrogen-bond donors (Lipinski definition) is 0. The van der Waals surface area contributed by atoms with Crippen LogP contribution in [0.2, 0.25) is 0 Å². The molecule has 0 atom stereocenters. The maximum Gasteiger partial charge on any atom is 0.0749 e. The van der Waals surface area contributed by atoms with Crippen LogP contribution in [0.3, 0.4) is 0 Å². The summed E-state index contributed by atoms with van der Waals surface area (Å²) >= 11 is 12.5. The number of pyridine rings is 2. The summed E-state index contributed by atoms with van der Waals surface area (Å²) in [7, 11) is 0. The zero-order valence-corrected chi connectivity index (χ0v) is 24.8. The van der Waals surface area contributed by atoms with Gasteiger partial charge in [0.1, 0.15) is 0 Å². The Morgan fingerprint density at radius 2 is 1.03 bits per heavy atom. The molecule has 0 aliphatic carbocycles. The number of anilines is 2. The topological polar surface area (TPSA) is 38.7 Å². The predicted molar refractivity (Wildman–Crippen MR) is 172 cm³/mol. The van der Waals surface area contributed by atoms with Gasteiger partial charge in [-0.2, -0.15) is 0 Å². The summed E-state index contributed by atoms with van der Waals surface area (Å²) in [5, 5.41) is 2.35. The Kier molecular flexibility index (Phi) is 7.55. The van der Waals surface area contributed by atoms with Gasteiger partial charge in [-0.15, -0.1) is 0 Å². The maximum atomic E-state index is 5.36. The van der Waals surface area contributed by atoms with Crippen LogP contribution in [0, 0.1) is 0 Å². The number of aromatic nitrogens is 2. The van der Waals surface area contributed by atoms with Crippen molar-refractivity contribution in [2.45, 2.75) is 23.6 Å². The van der Waals surface area contributed by atoms with E-state index < -0.39 is 0 Å². The Morgan fingerprint density at radius 3 is 1.41 bits per heavy atom. The van der Waals surface area contributed by atoms with Crippen LogP contribution in [0.5, 0.6) is 0 Å². The molecule has 0 unspecified atom stereocenters. The van der Waals surface area contributed by atoms with Gasteiger partial charge in [-0.25, -0.2) is 0 Å². The third-order valence-corrected chi connectivity index (χ3v) is 9.44. The second-order valence-corrected chi connectivity index (χ2v) is 12.4. The molecule has 0 saturated carbocycles. The molecule has 0 radical (unpaired) electrons. The first-order chi connectivity index (χ1) is 19.0. The third-order valence-electron chi connectivity index (χ3n) is 7.77. The minimum Gasteiger partial charge on any atom is -0.368 e. The van der Waals surface area contributed by atoms with Crippen molar-refractivity contribution >= 4 is 79.4 Å². The van der Waals surface area contributed by atoms with E-state index in [1.165, 1.54) is 31.9 Å². The van der Waals surface area contributed by atoms with Crippen LogP contribution < -0.4 is 9.80 Å². The van der Waals surface area contributed by atoms with E-state index in [0.717, 1.165) is 73.4 Å². The Labute approximate surface area is 245 Å². The molecule has 39 heavy (non-hydrogen) atoms. The molecule has 2 aliphatic heterocycles. The van der Waals surface area contributed by atoms with Crippen molar-refractivity contribution in [1.29, 1.82) is 0 Å². The molecule has 9 heteroatoms. The van der Waals surface area contributed by atoms with Gasteiger partial charge in [-0.3, -0.25) is 9.97 Å². The third kappa shape index (κ3) is 5.53. The van der Waals surface area contributed by atoms with E-state index in [4.69, 9.17) is 34.4 Å². The largest absolute Gasteiger partial charge is 0.368 e. The number of hydrogen-bond acceptors (Lipinski definition) is 7. The summed E-state index contributed by atoms with van der Waals surface area (Å²) in [5.41, 5.74) is 4.50. The molecule has 0 bridgehead atoms. The van der Waals surface area contributed by atoms with Crippen molar-refractivity contribution in [3.63, 3.8) is 0 Å². The summed E-state index contributed by atoms with van der Waals surface area (Å²) < 4.78 is 0. The van der Waals surface area contributed by atoms with Gasteiger partial charge in [0.25, 0.3) is 0 Å². The molecule has 0 spiro atoms. The van der Waals surface area contributed by atoms with Gasteiger partial charge >= 0.3 is 0 Å². The van der Waals surface area contributed by atoms with Gasteiger partial charge < -0.3 is 19.6 Å². The van der Waals surface area contributed by atoms with Crippen LogP contribution in [-0.4, -0.2) is 82.1 Å². The normalized spacial score (nSPS) is 16.3. The Balaban J connectivity index is 1.22. The molecule has 2 aliphatic rings. The number of benzene rings is 2. The number of nitrogens with zero attached hydrogens (tertiary/aromatic N) is 6. The van der Waals surface area contributed by atoms with Crippen LogP contribution in [0.1, 0.15) is 13.8 Å². The highest BCUT2D eigenvalue weighted by Gasteiger charge is 2.20. The van der Waals surface area contributed by atoms with Crippen molar-refractivity contribution in [3.05, 3.63) is 60.9 Å². The van der Waals surface area contributed by atoms with Crippen molar-refractivity contribution in [2.75, 3.05) is 62.2 Å². The molecule has 2 aromatic heterocycles. The average molecular weight is 573 g/mol. The first kappa shape index (κ1) is 26.2. The molecule has 6 rings (SSSR count). The molecule has 4 heterocycles. The summed E-state index contributed by atoms with van der Waals surface area (Å²) in [6, 6.07) is 17.6. The van der Waals surface area contributed by atoms with Gasteiger partial charge in [-0.1, -0.05) is 36.2 Å². The van der Waals surface area contributed by atoms with E-state index in [1.54, 1.807) is 11.8 Å². The van der Waals surface area contributed by atoms with E-state index in [9.17, 15) is 0 Å². The molecule has 200 valence electrons. The summed E-state index contributed by atoms with van der Waals surface area (Å²) in [4.78, 5) is 23.2. The number of rotatable bonds is 4. The predicted octanol–water partition coefficient (Wildman–Crippen LogP) is 5.87. The summed E-state index contributed by atoms with van der Waals surface area (Å²) in [6.45, 7) is 11.8. The molecule has 2 saturated heterocycles. The minimum absolute atomic E-state index is 0.969. The van der Waals surface area contributed by atoms with Crippen molar-refractivity contribution in [1.82, 2.24) is 19.8 Å². The standard InChI is InChI=1S/C30H32N6S3/c1-21(37)33-11-15-35(16-12-33)23-3-5-25-27(19-23)31-9-7-29(25)39-30-8-10-32-28-20-24(4-6-26(28)30)36-17-13-34(14-18-36)22(2)38/h3-10,19-20H,11-18H2,1-2H3. The van der Waals surface area contributed by atoms with Crippen LogP contribution in [-0.2, 0) is 0 Å². The lowest BCUT2D eigenvalue weighted by atomic mass is 10.1. The smallest absolute Gasteiger partial charge is 0.0749 e. The minimum atomic E-state index is 0.969. The van der Waals surface area contributed by atoms with Gasteiger partial charge in [0.2, 0.25) is 0 Å². The van der Waals surface area contributed by atoms with Crippen LogP contribution >= 0.6 is 36.2 Å². The summed E-state index contributed by atoms with van der Waals surface area (Å²) in [6.07, 6.45) is 3.84. The molecular weight excluding hydrogens is 541 g/mol. The Bertz CT molecular complexity index is 1430. The molecule has 0 N–H and O–H groups in total. The van der Waals surface area contributed by atoms with E-state index in [2.05, 4.69) is 68.1 Å². The maximum absolute atomic E-state index is 5.36. The highest BCUT2D eigenvalue weighted by molar-refractivity contribution is 7.99. The average Bonchev–Trinajstić information content (AvgIpc) is 2.97. The molecule has 6 nitrogen and oxygen atoms in total. The zero-order chi connectivity index (χ0) is 26.9. The van der Waals surface area contributed by atoms with Crippen molar-refractivity contribution in [2.24, 2.45) is 0 Å². The van der Waals surface area contributed by atoms with E-state index in [-0.39, 0.29) is 0 Å². The molecular formula is C30H32N6S3. The SMILES string of the molecule is CC(=S)N1CCN(c2ccc3c(Sc4ccnc5cc(N6CCN(C(C)=S)CC6)ccc45)ccnc3c2)CC1. The quantitative estimate of drug-likeness (QED) is 0.279. The van der Waals surface area contributed by atoms with E-state index in [0.29, 0.717) is 0 Å². The molecule has 0 amide bonds. The second kappa shape index (κ2) is 11.2. The molecule has 2 aromatic carbocycles. The Hall–Kier alpha value is -3.01. The van der Waals surface area contributed by atoms with Gasteiger partial charge in [0.15, 0.2) is 0 Å². The monoisotopic (exact) mass is 572 g/mol. The van der Waals surface area contributed by atoms with Crippen LogP contribution in [0.25, 0.3) is 21.8 Å². The zero-order valence-electron chi connectivity index (χ0n) is 22.3. The van der Waals surface area contributed by atoms with Gasteiger partial charge in [-0.05, 0) is 62.4 Å². The fourth-order valence-electron chi connectivity index (χ4n) is 5.47. The number of fused-ring (bicyclic) bond motifs is 2. The first-order valence-electron chi connectivity index (χ1n) is 13.4. The second-order valence-electron chi connectivity index (χ2n) is 10.1. The van der Waals surface area contributed by atoms with Crippen LogP contribution in [0.4, 0.5) is 11.4 Å².